The smallest absolute Gasteiger partial charge is 0.320 e. The van der Waals surface area contributed by atoms with E-state index in [-0.39, 0.29) is 11.1 Å². The molecule has 0 aliphatic rings. The van der Waals surface area contributed by atoms with E-state index in [2.05, 4.69) is 0 Å². The van der Waals surface area contributed by atoms with Crippen LogP contribution in [0.1, 0.15) is 11.1 Å². The number of hydrogen-bond acceptors (Lipinski definition) is 3. The third-order valence-electron chi connectivity index (χ3n) is 2.16. The molecule has 0 saturated heterocycles. The van der Waals surface area contributed by atoms with Crippen molar-refractivity contribution in [2.45, 2.75) is 12.1 Å². The van der Waals surface area contributed by atoms with Crippen molar-refractivity contribution in [2.75, 3.05) is 5.32 Å². The predicted octanol–water partition coefficient (Wildman–Crippen LogP) is 2.57. The number of nitrogens with one attached hydrogen (secondary N) is 1. The first-order valence-corrected chi connectivity index (χ1v) is 4.83. The van der Waals surface area contributed by atoms with Crippen molar-refractivity contribution >= 4 is 11.6 Å². The molecule has 0 radical (unpaired) electrons. The lowest BCUT2D eigenvalue weighted by Gasteiger charge is -2.18. The van der Waals surface area contributed by atoms with Crippen LogP contribution in [0.4, 0.5) is 27.6 Å². The van der Waals surface area contributed by atoms with Gasteiger partial charge in [-0.15, -0.1) is 0 Å². The van der Waals surface area contributed by atoms with Crippen LogP contribution in [-0.2, 0) is 4.79 Å². The molecule has 1 aromatic carbocycles. The summed E-state index contributed by atoms with van der Waals surface area (Å²) in [6.45, 7) is 0. The number of anilines is 1. The van der Waals surface area contributed by atoms with Gasteiger partial charge in [-0.25, -0.2) is 0 Å². The van der Waals surface area contributed by atoms with Crippen LogP contribution in [0.5, 0.6) is 0 Å². The molecule has 0 spiro atoms. The maximum absolute atomic E-state index is 12.7. The highest BCUT2D eigenvalue weighted by atomic mass is 19.4. The van der Waals surface area contributed by atoms with Crippen LogP contribution in [-0.4, -0.2) is 18.0 Å². The second-order valence-corrected chi connectivity index (χ2v) is 3.51. The normalized spacial score (nSPS) is 11.3. The van der Waals surface area contributed by atoms with Crippen LogP contribution in [0.2, 0.25) is 0 Å². The van der Waals surface area contributed by atoms with E-state index in [0.29, 0.717) is 0 Å². The SMILES string of the molecule is N#Cc1ccc(NC(=O)C(F)(F)C(F)(F)F)cc1C#N. The van der Waals surface area contributed by atoms with E-state index < -0.39 is 23.7 Å². The van der Waals surface area contributed by atoms with Gasteiger partial charge in [0.25, 0.3) is 0 Å². The number of alkyl halides is 5. The van der Waals surface area contributed by atoms with Gasteiger partial charge in [-0.1, -0.05) is 0 Å². The van der Waals surface area contributed by atoms with Crippen LogP contribution in [0.25, 0.3) is 0 Å². The van der Waals surface area contributed by atoms with Gasteiger partial charge in [-0.05, 0) is 18.2 Å². The number of nitrogens with zero attached hydrogens (tertiary/aromatic N) is 2. The summed E-state index contributed by atoms with van der Waals surface area (Å²) in [6.07, 6.45) is -6.03. The molecule has 4 nitrogen and oxygen atoms in total. The Morgan fingerprint density at radius 1 is 1.05 bits per heavy atom. The molecule has 9 heteroatoms. The number of benzene rings is 1. The summed E-state index contributed by atoms with van der Waals surface area (Å²) in [5, 5.41) is 18.6. The Kier molecular flexibility index (Phi) is 3.95. The number of nitriles is 2. The lowest BCUT2D eigenvalue weighted by atomic mass is 10.1. The molecule has 0 aliphatic carbocycles. The van der Waals surface area contributed by atoms with Crippen LogP contribution in [0, 0.1) is 22.7 Å². The van der Waals surface area contributed by atoms with Crippen molar-refractivity contribution in [1.82, 2.24) is 0 Å². The largest absolute Gasteiger partial charge is 0.463 e. The molecule has 20 heavy (non-hydrogen) atoms. The third kappa shape index (κ3) is 2.83. The van der Waals surface area contributed by atoms with Crippen molar-refractivity contribution in [1.29, 1.82) is 10.5 Å². The Balaban J connectivity index is 3.05. The van der Waals surface area contributed by atoms with Gasteiger partial charge in [0.05, 0.1) is 11.1 Å². The summed E-state index contributed by atoms with van der Waals surface area (Å²) in [4.78, 5) is 10.9. The molecule has 0 aliphatic heterocycles. The molecule has 1 aromatic rings. The van der Waals surface area contributed by atoms with E-state index in [1.54, 1.807) is 12.1 Å². The molecular weight excluding hydrogens is 285 g/mol. The molecule has 0 bridgehead atoms. The van der Waals surface area contributed by atoms with Crippen LogP contribution >= 0.6 is 0 Å². The first-order chi connectivity index (χ1) is 9.13. The van der Waals surface area contributed by atoms with Crippen LogP contribution in [0.15, 0.2) is 18.2 Å². The van der Waals surface area contributed by atoms with E-state index in [4.69, 9.17) is 10.5 Å². The lowest BCUT2D eigenvalue weighted by Crippen LogP contribution is -2.47. The number of carbonyl (C=O) groups excluding carboxylic acids is 1. The molecule has 0 unspecified atom stereocenters. The summed E-state index contributed by atoms with van der Waals surface area (Å²) in [6, 6.07) is 5.93. The fourth-order valence-corrected chi connectivity index (χ4v) is 1.15. The highest BCUT2D eigenvalue weighted by Gasteiger charge is 2.63. The zero-order valence-corrected chi connectivity index (χ0v) is 9.42. The van der Waals surface area contributed by atoms with Crippen molar-refractivity contribution in [3.05, 3.63) is 29.3 Å². The van der Waals surface area contributed by atoms with Crippen LogP contribution < -0.4 is 5.32 Å². The Hall–Kier alpha value is -2.68. The summed E-state index contributed by atoms with van der Waals surface area (Å²) in [5.41, 5.74) is -0.816. The highest BCUT2D eigenvalue weighted by Crippen LogP contribution is 2.36. The van der Waals surface area contributed by atoms with Crippen molar-refractivity contribution < 1.29 is 26.7 Å². The van der Waals surface area contributed by atoms with E-state index in [0.717, 1.165) is 18.2 Å². The quantitative estimate of drug-likeness (QED) is 0.850. The minimum absolute atomic E-state index is 0.104. The molecule has 104 valence electrons. The molecule has 1 amide bonds. The molecule has 0 atom stereocenters. The van der Waals surface area contributed by atoms with Gasteiger partial charge in [0, 0.05) is 5.69 Å². The van der Waals surface area contributed by atoms with Crippen molar-refractivity contribution in [3.8, 4) is 12.1 Å². The average molecular weight is 289 g/mol. The minimum atomic E-state index is -6.03. The topological polar surface area (TPSA) is 76.7 Å². The van der Waals surface area contributed by atoms with Gasteiger partial charge >= 0.3 is 18.0 Å². The standard InChI is InChI=1S/C11H4F5N3O/c12-10(13,11(14,15)16)9(20)19-8-2-1-6(4-17)7(3-8)5-18/h1-3H,(H,19,20). The number of amides is 1. The molecule has 0 saturated carbocycles. The summed E-state index contributed by atoms with van der Waals surface area (Å²) in [5.74, 6) is -8.13. The monoisotopic (exact) mass is 289 g/mol. The lowest BCUT2D eigenvalue weighted by molar-refractivity contribution is -0.267. The molecule has 0 aromatic heterocycles. The molecule has 0 fully saturated rings. The van der Waals surface area contributed by atoms with E-state index in [9.17, 15) is 26.7 Å². The van der Waals surface area contributed by atoms with Gasteiger partial charge in [0.15, 0.2) is 0 Å². The maximum Gasteiger partial charge on any atom is 0.463 e. The zero-order valence-electron chi connectivity index (χ0n) is 9.42. The Morgan fingerprint density at radius 3 is 2.05 bits per heavy atom. The molecule has 0 heterocycles. The summed E-state index contributed by atoms with van der Waals surface area (Å²) >= 11 is 0. The fourth-order valence-electron chi connectivity index (χ4n) is 1.15. The average Bonchev–Trinajstić information content (AvgIpc) is 2.37. The van der Waals surface area contributed by atoms with E-state index in [1.807, 2.05) is 0 Å². The number of carbonyl (C=O) groups is 1. The minimum Gasteiger partial charge on any atom is -0.320 e. The first kappa shape index (κ1) is 15.4. The van der Waals surface area contributed by atoms with Gasteiger partial charge in [-0.3, -0.25) is 4.79 Å². The summed E-state index contributed by atoms with van der Waals surface area (Å²) < 4.78 is 61.2. The maximum atomic E-state index is 12.7. The molecular formula is C11H4F5N3O. The fraction of sp³-hybridized carbons (Fsp3) is 0.182. The van der Waals surface area contributed by atoms with Gasteiger partial charge < -0.3 is 5.32 Å². The van der Waals surface area contributed by atoms with E-state index >= 15 is 0 Å². The Labute approximate surface area is 109 Å². The molecule has 1 rings (SSSR count). The summed E-state index contributed by atoms with van der Waals surface area (Å²) in [7, 11) is 0. The van der Waals surface area contributed by atoms with Gasteiger partial charge in [-0.2, -0.15) is 32.5 Å². The third-order valence-corrected chi connectivity index (χ3v) is 2.16. The van der Waals surface area contributed by atoms with E-state index in [1.165, 1.54) is 5.32 Å². The Morgan fingerprint density at radius 2 is 1.60 bits per heavy atom. The highest BCUT2D eigenvalue weighted by molar-refractivity contribution is 5.96. The second kappa shape index (κ2) is 5.13. The van der Waals surface area contributed by atoms with Crippen LogP contribution in [0.3, 0.4) is 0 Å². The van der Waals surface area contributed by atoms with Gasteiger partial charge in [0.2, 0.25) is 0 Å². The van der Waals surface area contributed by atoms with Crippen molar-refractivity contribution in [3.63, 3.8) is 0 Å². The number of hydrogen-bond donors (Lipinski definition) is 1. The second-order valence-electron chi connectivity index (χ2n) is 3.51. The zero-order chi connectivity index (χ0) is 15.6. The Bertz CT molecular complexity index is 624. The predicted molar refractivity (Wildman–Crippen MR) is 55.5 cm³/mol. The molecule has 1 N–H and O–H groups in total. The van der Waals surface area contributed by atoms with Gasteiger partial charge in [0.1, 0.15) is 12.1 Å². The first-order valence-electron chi connectivity index (χ1n) is 4.83. The van der Waals surface area contributed by atoms with Crippen molar-refractivity contribution in [2.24, 2.45) is 0 Å². The number of halogens is 5. The number of rotatable bonds is 2.